The summed E-state index contributed by atoms with van der Waals surface area (Å²) < 4.78 is 49.0. The van der Waals surface area contributed by atoms with Crippen molar-refractivity contribution < 1.29 is 17.5 Å². The normalized spacial score (nSPS) is 13.4. The Labute approximate surface area is 209 Å². The quantitative estimate of drug-likeness (QED) is 0.350. The molecule has 0 spiro atoms. The third kappa shape index (κ3) is 4.97. The van der Waals surface area contributed by atoms with Crippen LogP contribution < -0.4 is 4.74 Å². The summed E-state index contributed by atoms with van der Waals surface area (Å²) in [5, 5.41) is 7.58. The molecule has 2 atom stereocenters. The van der Waals surface area contributed by atoms with Crippen LogP contribution in [0.3, 0.4) is 0 Å². The fourth-order valence-electron chi connectivity index (χ4n) is 3.86. The van der Waals surface area contributed by atoms with Crippen LogP contribution in [0, 0.1) is 19.7 Å². The molecule has 3 aromatic heterocycles. The van der Waals surface area contributed by atoms with Gasteiger partial charge in [0.25, 0.3) is 0 Å². The minimum atomic E-state index is -3.79. The Hall–Kier alpha value is -3.73. The first-order valence-electron chi connectivity index (χ1n) is 11.3. The average Bonchev–Trinajstić information content (AvgIpc) is 3.25. The smallest absolute Gasteiger partial charge is 0.170 e. The van der Waals surface area contributed by atoms with E-state index < -0.39 is 32.6 Å². The average molecular weight is 511 g/mol. The van der Waals surface area contributed by atoms with Crippen LogP contribution in [-0.2, 0) is 15.6 Å². The summed E-state index contributed by atoms with van der Waals surface area (Å²) in [4.78, 5) is 12.8. The van der Waals surface area contributed by atoms with Crippen molar-refractivity contribution in [1.29, 1.82) is 0 Å². The van der Waals surface area contributed by atoms with Crippen molar-refractivity contribution in [3.8, 4) is 22.8 Å². The molecule has 188 valence electrons. The molecule has 1 aromatic carbocycles. The van der Waals surface area contributed by atoms with E-state index in [4.69, 9.17) is 4.74 Å². The van der Waals surface area contributed by atoms with Crippen molar-refractivity contribution >= 4 is 9.84 Å². The second-order valence-corrected chi connectivity index (χ2v) is 11.1. The Kier molecular flexibility index (Phi) is 7.11. The summed E-state index contributed by atoms with van der Waals surface area (Å²) in [6.07, 6.45) is 6.55. The maximum atomic E-state index is 15.2. The fraction of sp³-hybridized carbons (Fsp3) is 0.320. The number of para-hydroxylation sites is 1. The highest BCUT2D eigenvalue weighted by molar-refractivity contribution is 7.91. The second-order valence-electron chi connectivity index (χ2n) is 8.74. The maximum absolute atomic E-state index is 15.2. The summed E-state index contributed by atoms with van der Waals surface area (Å²) in [6.45, 7) is 7.10. The van der Waals surface area contributed by atoms with E-state index in [1.807, 2.05) is 19.9 Å². The molecule has 4 aromatic rings. The maximum Gasteiger partial charge on any atom is 0.170 e. The molecule has 0 radical (unpaired) electrons. The number of pyridine rings is 1. The van der Waals surface area contributed by atoms with E-state index in [-0.39, 0.29) is 23.1 Å². The second kappa shape index (κ2) is 10.1. The molecule has 0 aliphatic heterocycles. The van der Waals surface area contributed by atoms with Crippen LogP contribution in [0.15, 0.2) is 49.1 Å². The lowest BCUT2D eigenvalue weighted by atomic mass is 10.1. The molecule has 0 unspecified atom stereocenters. The Morgan fingerprint density at radius 1 is 1.03 bits per heavy atom. The zero-order valence-corrected chi connectivity index (χ0v) is 21.5. The van der Waals surface area contributed by atoms with Crippen molar-refractivity contribution in [1.82, 2.24) is 29.7 Å². The number of rotatable bonds is 8. The van der Waals surface area contributed by atoms with Gasteiger partial charge in [-0.1, -0.05) is 13.0 Å². The van der Waals surface area contributed by atoms with Crippen molar-refractivity contribution in [2.24, 2.45) is 0 Å². The van der Waals surface area contributed by atoms with Gasteiger partial charge in [0.15, 0.2) is 27.3 Å². The van der Waals surface area contributed by atoms with Crippen molar-refractivity contribution in [2.75, 3.05) is 7.11 Å². The first kappa shape index (κ1) is 25.4. The van der Waals surface area contributed by atoms with E-state index in [0.29, 0.717) is 11.4 Å². The standard InChI is InChI=1S/C25H27FN6O3S/c1-15-9-19(13-27-10-15)25-31-30-22(32(25)23-20(26)7-6-8-21(23)35-5)14-36(33,34)18(4)17(3)24-28-11-16(2)12-29-24/h6-13,17-18H,14H2,1-5H3/t17-,18-/m0/s1. The summed E-state index contributed by atoms with van der Waals surface area (Å²) in [5.41, 5.74) is 2.32. The molecule has 0 N–H and O–H groups in total. The van der Waals surface area contributed by atoms with Gasteiger partial charge >= 0.3 is 0 Å². The van der Waals surface area contributed by atoms with E-state index in [9.17, 15) is 8.42 Å². The van der Waals surface area contributed by atoms with E-state index in [0.717, 1.165) is 11.1 Å². The minimum absolute atomic E-state index is 0.0225. The number of ether oxygens (including phenoxy) is 1. The lowest BCUT2D eigenvalue weighted by molar-refractivity contribution is 0.408. The van der Waals surface area contributed by atoms with Gasteiger partial charge in [0, 0.05) is 36.3 Å². The predicted octanol–water partition coefficient (Wildman–Crippen LogP) is 3.99. The molecule has 4 rings (SSSR count). The number of sulfone groups is 1. The number of benzene rings is 1. The van der Waals surface area contributed by atoms with Crippen LogP contribution >= 0.6 is 0 Å². The Balaban J connectivity index is 1.81. The molecule has 0 fully saturated rings. The van der Waals surface area contributed by atoms with E-state index in [1.165, 1.54) is 23.8 Å². The first-order chi connectivity index (χ1) is 17.1. The zero-order chi connectivity index (χ0) is 26.0. The van der Waals surface area contributed by atoms with Crippen molar-refractivity contribution in [3.63, 3.8) is 0 Å². The third-order valence-corrected chi connectivity index (χ3v) is 8.27. The van der Waals surface area contributed by atoms with E-state index in [2.05, 4.69) is 25.1 Å². The number of aryl methyl sites for hydroxylation is 2. The van der Waals surface area contributed by atoms with Crippen LogP contribution in [-0.4, -0.2) is 50.5 Å². The van der Waals surface area contributed by atoms with Crippen LogP contribution in [0.1, 0.15) is 42.5 Å². The van der Waals surface area contributed by atoms with Crippen LogP contribution in [0.5, 0.6) is 5.75 Å². The van der Waals surface area contributed by atoms with Gasteiger partial charge in [-0.05, 0) is 50.1 Å². The van der Waals surface area contributed by atoms with Crippen LogP contribution in [0.4, 0.5) is 4.39 Å². The fourth-order valence-corrected chi connectivity index (χ4v) is 5.41. The number of halogens is 1. The monoisotopic (exact) mass is 510 g/mol. The Morgan fingerprint density at radius 2 is 1.75 bits per heavy atom. The van der Waals surface area contributed by atoms with Crippen LogP contribution in [0.25, 0.3) is 17.1 Å². The predicted molar refractivity (Wildman–Crippen MR) is 133 cm³/mol. The number of hydrogen-bond donors (Lipinski definition) is 0. The van der Waals surface area contributed by atoms with Gasteiger partial charge in [-0.3, -0.25) is 9.55 Å². The summed E-state index contributed by atoms with van der Waals surface area (Å²) in [6, 6.07) is 6.19. The van der Waals surface area contributed by atoms with Gasteiger partial charge in [-0.25, -0.2) is 22.8 Å². The summed E-state index contributed by atoms with van der Waals surface area (Å²) in [5.74, 6) is -0.611. The van der Waals surface area contributed by atoms with Crippen molar-refractivity contribution in [3.05, 3.63) is 77.6 Å². The lowest BCUT2D eigenvalue weighted by Gasteiger charge is -2.20. The number of aromatic nitrogens is 6. The molecule has 9 nitrogen and oxygen atoms in total. The molecular formula is C25H27FN6O3S. The summed E-state index contributed by atoms with van der Waals surface area (Å²) in [7, 11) is -2.38. The molecule has 11 heteroatoms. The first-order valence-corrected chi connectivity index (χ1v) is 13.0. The summed E-state index contributed by atoms with van der Waals surface area (Å²) >= 11 is 0. The van der Waals surface area contributed by atoms with Gasteiger partial charge in [-0.2, -0.15) is 0 Å². The third-order valence-electron chi connectivity index (χ3n) is 6.07. The van der Waals surface area contributed by atoms with Gasteiger partial charge in [-0.15, -0.1) is 10.2 Å². The number of nitrogens with zero attached hydrogens (tertiary/aromatic N) is 6. The minimum Gasteiger partial charge on any atom is -0.494 e. The molecule has 0 aliphatic carbocycles. The van der Waals surface area contributed by atoms with E-state index >= 15 is 4.39 Å². The molecule has 3 heterocycles. The molecule has 0 bridgehead atoms. The molecule has 0 saturated heterocycles. The van der Waals surface area contributed by atoms with Gasteiger partial charge in [0.05, 0.1) is 12.4 Å². The number of hydrogen-bond acceptors (Lipinski definition) is 8. The van der Waals surface area contributed by atoms with Gasteiger partial charge < -0.3 is 4.74 Å². The molecule has 0 amide bonds. The highest BCUT2D eigenvalue weighted by atomic mass is 32.2. The van der Waals surface area contributed by atoms with E-state index in [1.54, 1.807) is 44.7 Å². The molecular weight excluding hydrogens is 483 g/mol. The highest BCUT2D eigenvalue weighted by Gasteiger charge is 2.32. The highest BCUT2D eigenvalue weighted by Crippen LogP contribution is 2.33. The Bertz CT molecular complexity index is 1490. The lowest BCUT2D eigenvalue weighted by Crippen LogP contribution is -2.27. The van der Waals surface area contributed by atoms with Crippen molar-refractivity contribution in [2.45, 2.75) is 44.6 Å². The van der Waals surface area contributed by atoms with Gasteiger partial charge in [0.1, 0.15) is 23.0 Å². The topological polar surface area (TPSA) is 113 Å². The van der Waals surface area contributed by atoms with Gasteiger partial charge in [0.2, 0.25) is 0 Å². The molecule has 0 aliphatic rings. The largest absolute Gasteiger partial charge is 0.494 e. The molecule has 36 heavy (non-hydrogen) atoms. The van der Waals surface area contributed by atoms with Crippen LogP contribution in [0.2, 0.25) is 0 Å². The molecule has 0 saturated carbocycles. The number of methoxy groups -OCH3 is 1. The Morgan fingerprint density at radius 3 is 2.42 bits per heavy atom. The SMILES string of the molecule is COc1cccc(F)c1-n1c(CS(=O)(=O)[C@@H](C)[C@H](C)c2ncc(C)cn2)nnc1-c1cncc(C)c1. The zero-order valence-electron chi connectivity index (χ0n) is 20.7.